The highest BCUT2D eigenvalue weighted by Crippen LogP contribution is 2.19. The predicted octanol–water partition coefficient (Wildman–Crippen LogP) is 4.29. The van der Waals surface area contributed by atoms with Crippen molar-refractivity contribution < 1.29 is 4.79 Å². The van der Waals surface area contributed by atoms with E-state index in [2.05, 4.69) is 45.5 Å². The number of nitrogens with zero attached hydrogens (tertiary/aromatic N) is 1. The lowest BCUT2D eigenvalue weighted by atomic mass is 9.97. The minimum Gasteiger partial charge on any atom is -0.338 e. The van der Waals surface area contributed by atoms with Gasteiger partial charge in [-0.3, -0.25) is 0 Å². The number of amides is 2. The first kappa shape index (κ1) is 19.3. The van der Waals surface area contributed by atoms with Gasteiger partial charge in [0, 0.05) is 43.4 Å². The Labute approximate surface area is 161 Å². The zero-order valence-corrected chi connectivity index (χ0v) is 16.5. The van der Waals surface area contributed by atoms with Crippen LogP contribution in [-0.4, -0.2) is 48.6 Å². The molecule has 0 radical (unpaired) electrons. The third-order valence-electron chi connectivity index (χ3n) is 5.15. The van der Waals surface area contributed by atoms with Crippen LogP contribution >= 0.6 is 11.8 Å². The van der Waals surface area contributed by atoms with Gasteiger partial charge in [-0.25, -0.2) is 4.79 Å². The quantitative estimate of drug-likeness (QED) is 0.701. The third kappa shape index (κ3) is 6.69. The van der Waals surface area contributed by atoms with Crippen molar-refractivity contribution >= 4 is 23.5 Å². The molecular formula is C21H31N3OS. The number of nitrogens with one attached hydrogen (secondary N) is 2. The zero-order valence-electron chi connectivity index (χ0n) is 15.6. The van der Waals surface area contributed by atoms with Gasteiger partial charge in [0.25, 0.3) is 0 Å². The van der Waals surface area contributed by atoms with Gasteiger partial charge in [0.2, 0.25) is 0 Å². The number of thioether (sulfide) groups is 1. The van der Waals surface area contributed by atoms with Crippen LogP contribution in [0.1, 0.15) is 37.7 Å². The van der Waals surface area contributed by atoms with Crippen LogP contribution in [0.4, 0.5) is 10.5 Å². The van der Waals surface area contributed by atoms with Gasteiger partial charge in [0.05, 0.1) is 0 Å². The topological polar surface area (TPSA) is 44.4 Å². The average Bonchev–Trinajstić information content (AvgIpc) is 2.69. The monoisotopic (exact) mass is 373 g/mol. The van der Waals surface area contributed by atoms with E-state index in [-0.39, 0.29) is 6.03 Å². The van der Waals surface area contributed by atoms with Crippen LogP contribution in [-0.2, 0) is 6.42 Å². The number of rotatable bonds is 7. The van der Waals surface area contributed by atoms with Crippen molar-refractivity contribution in [3.63, 3.8) is 0 Å². The highest BCUT2D eigenvalue weighted by atomic mass is 32.2. The van der Waals surface area contributed by atoms with Crippen LogP contribution in [0.2, 0.25) is 0 Å². The Morgan fingerprint density at radius 2 is 1.88 bits per heavy atom. The molecule has 2 aliphatic rings. The molecule has 1 heterocycles. The molecule has 1 saturated heterocycles. The molecule has 0 bridgehead atoms. The molecule has 0 aromatic heterocycles. The zero-order chi connectivity index (χ0) is 18.0. The molecule has 5 heteroatoms. The Morgan fingerprint density at radius 1 is 1.08 bits per heavy atom. The Hall–Kier alpha value is -1.46. The van der Waals surface area contributed by atoms with Crippen LogP contribution < -0.4 is 10.6 Å². The predicted molar refractivity (Wildman–Crippen MR) is 112 cm³/mol. The summed E-state index contributed by atoms with van der Waals surface area (Å²) in [6.07, 6.45) is 9.38. The fourth-order valence-electron chi connectivity index (χ4n) is 3.51. The molecule has 3 rings (SSSR count). The maximum Gasteiger partial charge on any atom is 0.319 e. The number of hydrogen-bond acceptors (Lipinski definition) is 3. The number of urea groups is 1. The average molecular weight is 374 g/mol. The molecule has 0 unspecified atom stereocenters. The number of carbonyl (C=O) groups is 1. The van der Waals surface area contributed by atoms with Gasteiger partial charge in [-0.05, 0) is 56.2 Å². The maximum atomic E-state index is 12.0. The van der Waals surface area contributed by atoms with Crippen molar-refractivity contribution in [3.05, 3.63) is 41.5 Å². The van der Waals surface area contributed by atoms with E-state index >= 15 is 0 Å². The summed E-state index contributed by atoms with van der Waals surface area (Å²) >= 11 is 2.05. The summed E-state index contributed by atoms with van der Waals surface area (Å²) in [5, 5.41) is 5.89. The van der Waals surface area contributed by atoms with E-state index in [1.54, 1.807) is 0 Å². The molecule has 1 fully saturated rings. The Kier molecular flexibility index (Phi) is 7.89. The summed E-state index contributed by atoms with van der Waals surface area (Å²) in [6.45, 7) is 4.26. The van der Waals surface area contributed by atoms with Gasteiger partial charge in [0.1, 0.15) is 0 Å². The summed E-state index contributed by atoms with van der Waals surface area (Å²) in [6, 6.07) is 8.15. The van der Waals surface area contributed by atoms with Crippen molar-refractivity contribution in [3.8, 4) is 0 Å². The number of hydrogen-bond donors (Lipinski definition) is 2. The van der Waals surface area contributed by atoms with Gasteiger partial charge in [-0.1, -0.05) is 23.8 Å². The van der Waals surface area contributed by atoms with Gasteiger partial charge in [-0.2, -0.15) is 11.8 Å². The molecule has 2 N–H and O–H groups in total. The van der Waals surface area contributed by atoms with E-state index in [0.717, 1.165) is 25.1 Å². The summed E-state index contributed by atoms with van der Waals surface area (Å²) in [5.41, 5.74) is 3.68. The van der Waals surface area contributed by atoms with Crippen LogP contribution in [0.5, 0.6) is 0 Å². The van der Waals surface area contributed by atoms with Crippen LogP contribution in [0, 0.1) is 0 Å². The Balaban J connectivity index is 1.34. The summed E-state index contributed by atoms with van der Waals surface area (Å²) < 4.78 is 0. The van der Waals surface area contributed by atoms with Crippen molar-refractivity contribution in [2.75, 3.05) is 43.0 Å². The number of allylic oxidation sites excluding steroid dienone is 1. The van der Waals surface area contributed by atoms with E-state index in [1.165, 1.54) is 61.4 Å². The van der Waals surface area contributed by atoms with Crippen LogP contribution in [0.15, 0.2) is 35.9 Å². The van der Waals surface area contributed by atoms with E-state index in [0.29, 0.717) is 6.54 Å². The summed E-state index contributed by atoms with van der Waals surface area (Å²) in [7, 11) is 0. The lowest BCUT2D eigenvalue weighted by molar-refractivity contribution is 0.252. The van der Waals surface area contributed by atoms with E-state index in [4.69, 9.17) is 0 Å². The minimum absolute atomic E-state index is 0.111. The van der Waals surface area contributed by atoms with E-state index in [1.807, 2.05) is 12.1 Å². The maximum absolute atomic E-state index is 12.0. The van der Waals surface area contributed by atoms with Crippen molar-refractivity contribution in [1.29, 1.82) is 0 Å². The van der Waals surface area contributed by atoms with E-state index < -0.39 is 0 Å². The highest BCUT2D eigenvalue weighted by molar-refractivity contribution is 7.99. The van der Waals surface area contributed by atoms with Crippen molar-refractivity contribution in [1.82, 2.24) is 10.2 Å². The summed E-state index contributed by atoms with van der Waals surface area (Å²) in [4.78, 5) is 14.6. The van der Waals surface area contributed by atoms with E-state index in [9.17, 15) is 4.79 Å². The first-order chi connectivity index (χ1) is 12.8. The fourth-order valence-corrected chi connectivity index (χ4v) is 4.49. The lowest BCUT2D eigenvalue weighted by Gasteiger charge is -2.26. The van der Waals surface area contributed by atoms with Crippen LogP contribution in [0.25, 0.3) is 0 Å². The number of anilines is 1. The highest BCUT2D eigenvalue weighted by Gasteiger charge is 2.10. The first-order valence-electron chi connectivity index (χ1n) is 9.91. The van der Waals surface area contributed by atoms with Gasteiger partial charge in [-0.15, -0.1) is 0 Å². The molecule has 4 nitrogen and oxygen atoms in total. The van der Waals surface area contributed by atoms with Crippen molar-refractivity contribution in [2.24, 2.45) is 0 Å². The fraction of sp³-hybridized carbons (Fsp3) is 0.571. The molecule has 2 amide bonds. The van der Waals surface area contributed by atoms with Gasteiger partial charge < -0.3 is 15.5 Å². The smallest absolute Gasteiger partial charge is 0.319 e. The molecule has 0 saturated carbocycles. The SMILES string of the molecule is O=C(NCCC1=CCCCC1)Nc1ccc(CCN2CCSCC2)cc1. The lowest BCUT2D eigenvalue weighted by Crippen LogP contribution is -2.34. The number of benzene rings is 1. The van der Waals surface area contributed by atoms with Gasteiger partial charge in [0.15, 0.2) is 0 Å². The third-order valence-corrected chi connectivity index (χ3v) is 6.09. The second-order valence-corrected chi connectivity index (χ2v) is 8.36. The van der Waals surface area contributed by atoms with Crippen molar-refractivity contribution in [2.45, 2.75) is 38.5 Å². The first-order valence-corrected chi connectivity index (χ1v) is 11.1. The molecule has 26 heavy (non-hydrogen) atoms. The summed E-state index contributed by atoms with van der Waals surface area (Å²) in [5.74, 6) is 2.52. The normalized spacial score (nSPS) is 18.2. The van der Waals surface area contributed by atoms with Gasteiger partial charge >= 0.3 is 6.03 Å². The largest absolute Gasteiger partial charge is 0.338 e. The Morgan fingerprint density at radius 3 is 2.62 bits per heavy atom. The minimum atomic E-state index is -0.111. The molecular weight excluding hydrogens is 342 g/mol. The van der Waals surface area contributed by atoms with Crippen LogP contribution in [0.3, 0.4) is 0 Å². The second-order valence-electron chi connectivity index (χ2n) is 7.14. The second kappa shape index (κ2) is 10.6. The molecule has 0 atom stereocenters. The Bertz CT molecular complexity index is 594. The molecule has 142 valence electrons. The molecule has 0 spiro atoms. The number of carbonyl (C=O) groups excluding carboxylic acids is 1. The molecule has 1 aliphatic carbocycles. The molecule has 1 aromatic carbocycles. The standard InChI is InChI=1S/C21H31N3OS/c25-21(22-12-10-18-4-2-1-3-5-18)23-20-8-6-19(7-9-20)11-13-24-14-16-26-17-15-24/h4,6-9H,1-3,5,10-17H2,(H2,22,23,25). The molecule has 1 aliphatic heterocycles. The molecule has 1 aromatic rings.